The quantitative estimate of drug-likeness (QED) is 0.0436. The summed E-state index contributed by atoms with van der Waals surface area (Å²) in [7, 11) is 0. The second kappa shape index (κ2) is 52.1. The zero-order chi connectivity index (χ0) is 103. The zero-order valence-corrected chi connectivity index (χ0v) is 88.5. The number of halogens is 12. The molecule has 12 nitrogen and oxygen atoms in total. The summed E-state index contributed by atoms with van der Waals surface area (Å²) in [5.74, 6) is -0.568. The van der Waals surface area contributed by atoms with E-state index in [0.717, 1.165) is 198 Å². The highest BCUT2D eigenvalue weighted by atomic mass is 19.2. The molecule has 6 aromatic carbocycles. The molecule has 8 saturated carbocycles. The number of esters is 1. The second-order valence-electron chi connectivity index (χ2n) is 47.0. The Balaban J connectivity index is 0.000000246. The van der Waals surface area contributed by atoms with Crippen molar-refractivity contribution in [3.05, 3.63) is 145 Å². The van der Waals surface area contributed by atoms with Crippen LogP contribution in [-0.4, -0.2) is 69.0 Å². The number of fused-ring (bicyclic) bond motifs is 6. The SMILES string of the molecule is CC1CCC(C(=O)Oc2cc3c(c(F)c2F)OC(C)CC3)CC1.CC1CCC(C2CCC(COc3cc4c(c(F)c3F)OC(C)CC4)CC2)CC1.CC1CCC(C2CCC(COc3cc4c(c(F)c3F)OC(C)CC4)CC2)CC1.CC1CCC(CCc2cc3c(c(F)c2F)OC(C)CC3)CC1.CC1CCC(COc2cc3c(c(F)c2F)OC(C)CC3)CC1.CC1CCC(COc2cc3c(c(F)c2F)OC(C)CC3)CC1.[HH].[HH].[HH].[HH].[HH].[HH].[HH].[HH]. The van der Waals surface area contributed by atoms with Crippen molar-refractivity contribution in [1.29, 1.82) is 0 Å². The maximum atomic E-state index is 14.4. The summed E-state index contributed by atoms with van der Waals surface area (Å²) in [6, 6.07) is 9.77. The predicted molar refractivity (Wildman–Crippen MR) is 559 cm³/mol. The molecule has 6 unspecified atom stereocenters. The van der Waals surface area contributed by atoms with Crippen LogP contribution in [0.1, 0.15) is 384 Å². The van der Waals surface area contributed by atoms with E-state index in [4.69, 9.17) is 52.1 Å². The van der Waals surface area contributed by atoms with Gasteiger partial charge in [-0.15, -0.1) is 0 Å². The van der Waals surface area contributed by atoms with Gasteiger partial charge in [-0.05, 0) is 396 Å². The van der Waals surface area contributed by atoms with E-state index in [9.17, 15) is 57.5 Å². The van der Waals surface area contributed by atoms with Gasteiger partial charge in [0.05, 0.1) is 69.0 Å². The third-order valence-corrected chi connectivity index (χ3v) is 35.1. The number of carbonyl (C=O) groups excluding carboxylic acids is 1. The number of carbonyl (C=O) groups is 1. The first-order valence-electron chi connectivity index (χ1n) is 56.4. The molecule has 8 aliphatic carbocycles. The van der Waals surface area contributed by atoms with Gasteiger partial charge >= 0.3 is 5.97 Å². The van der Waals surface area contributed by atoms with E-state index in [2.05, 4.69) is 41.5 Å². The van der Waals surface area contributed by atoms with Crippen LogP contribution >= 0.6 is 0 Å². The van der Waals surface area contributed by atoms with Gasteiger partial charge in [-0.3, -0.25) is 4.79 Å². The van der Waals surface area contributed by atoms with Crippen molar-refractivity contribution in [3.8, 4) is 63.2 Å². The molecule has 820 valence electrons. The van der Waals surface area contributed by atoms with Gasteiger partial charge in [-0.25, -0.2) is 4.39 Å². The first kappa shape index (κ1) is 111. The minimum atomic E-state index is -1.14. The van der Waals surface area contributed by atoms with Gasteiger partial charge in [-0.2, -0.15) is 48.3 Å². The fraction of sp³-hybridized carbons (Fsp3) is 0.694. The number of aryl methyl sites for hydroxylation is 7. The molecule has 14 aliphatic rings. The third-order valence-electron chi connectivity index (χ3n) is 35.1. The molecule has 24 heteroatoms. The summed E-state index contributed by atoms with van der Waals surface area (Å²) in [5.41, 5.74) is 4.80. The molecule has 6 heterocycles. The first-order valence-corrected chi connectivity index (χ1v) is 56.4. The number of ether oxygens (including phenoxy) is 11. The van der Waals surface area contributed by atoms with Gasteiger partial charge < -0.3 is 52.1 Å². The van der Waals surface area contributed by atoms with Crippen LogP contribution in [-0.2, 0) is 49.7 Å². The highest BCUT2D eigenvalue weighted by Crippen LogP contribution is 2.50. The van der Waals surface area contributed by atoms with E-state index in [1.165, 1.54) is 134 Å². The summed E-state index contributed by atoms with van der Waals surface area (Å²) >= 11 is 0. The molecule has 0 amide bonds. The van der Waals surface area contributed by atoms with Gasteiger partial charge in [0.2, 0.25) is 64.0 Å². The van der Waals surface area contributed by atoms with E-state index in [-0.39, 0.29) is 117 Å². The molecule has 6 aromatic rings. The highest BCUT2D eigenvalue weighted by molar-refractivity contribution is 5.75. The Bertz CT molecular complexity index is 4890. The number of benzene rings is 6. The molecule has 0 saturated heterocycles. The fourth-order valence-electron chi connectivity index (χ4n) is 24.8. The average molecular weight is 2050 g/mol. The first-order chi connectivity index (χ1) is 69.6. The standard InChI is InChI=1S/2C24H34F2O2.C19H26F2O.C18H22F2O3.2C18H24F2O2.8H2/c2*1-15-3-8-18(9-4-15)19-11-6-17(7-12-19)14-27-21-13-20-10-5-16(2)28-24(20)23(26)22(21)25;1-12-3-6-14(7-4-12)8-10-15-11-16-9-5-13(2)22-19(16)18(21)17(15)20;1-10-3-6-12(7-4-10)18(21)23-14-9-13-8-5-11(2)22-17(13)16(20)15(14)19;2*1-11-3-6-13(7-4-11)10-21-15-9-14-8-5-12(2)22-18(14)17(20)16(15)19;;;;;;;;/h2*13,15-19H,3-12,14H2,1-2H3;11-14H,3-10H2,1-2H3;9-12H,3-8H2,1-2H3;2*9,11-13H,3-8,10H2,1-2H3;8*1H. The summed E-state index contributed by atoms with van der Waals surface area (Å²) in [6.45, 7) is 26.9. The smallest absolute Gasteiger partial charge is 0.314 e. The van der Waals surface area contributed by atoms with Gasteiger partial charge in [0, 0.05) is 39.2 Å². The van der Waals surface area contributed by atoms with Crippen LogP contribution in [0.15, 0.2) is 36.4 Å². The van der Waals surface area contributed by atoms with Crippen molar-refractivity contribution in [2.45, 2.75) is 415 Å². The highest BCUT2D eigenvalue weighted by Gasteiger charge is 2.39. The van der Waals surface area contributed by atoms with Crippen LogP contribution in [0.2, 0.25) is 0 Å². The second-order valence-corrected chi connectivity index (χ2v) is 47.0. The maximum Gasteiger partial charge on any atom is 0.314 e. The van der Waals surface area contributed by atoms with E-state index < -0.39 is 75.8 Å². The van der Waals surface area contributed by atoms with Crippen molar-refractivity contribution < 1.29 is 121 Å². The van der Waals surface area contributed by atoms with Gasteiger partial charge in [-0.1, -0.05) is 119 Å². The van der Waals surface area contributed by atoms with E-state index >= 15 is 0 Å². The van der Waals surface area contributed by atoms with Crippen molar-refractivity contribution in [2.75, 3.05) is 26.4 Å². The van der Waals surface area contributed by atoms with Crippen LogP contribution in [0.25, 0.3) is 0 Å². The Morgan fingerprint density at radius 1 is 0.241 bits per heavy atom. The molecule has 0 N–H and O–H groups in total. The van der Waals surface area contributed by atoms with Crippen LogP contribution < -0.4 is 52.1 Å². The van der Waals surface area contributed by atoms with E-state index in [1.807, 2.05) is 47.6 Å². The molecule has 8 fully saturated rings. The third kappa shape index (κ3) is 29.6. The van der Waals surface area contributed by atoms with Crippen LogP contribution in [0.4, 0.5) is 52.7 Å². The Morgan fingerprint density at radius 2 is 0.441 bits per heavy atom. The summed E-state index contributed by atoms with van der Waals surface area (Å²) in [6.07, 6.45) is 48.6. The molecule has 0 aromatic heterocycles. The van der Waals surface area contributed by atoms with E-state index in [1.54, 1.807) is 24.3 Å². The summed E-state index contributed by atoms with van der Waals surface area (Å²) in [4.78, 5) is 12.2. The minimum absolute atomic E-state index is 0. The molecule has 0 spiro atoms. The normalized spacial score (nSPS) is 29.8. The lowest BCUT2D eigenvalue weighted by Gasteiger charge is -2.37. The Hall–Kier alpha value is -8.05. The minimum Gasteiger partial charge on any atom is -0.490 e. The van der Waals surface area contributed by atoms with Crippen molar-refractivity contribution in [1.82, 2.24) is 0 Å². The molecular formula is C121H180F12O12. The van der Waals surface area contributed by atoms with Crippen LogP contribution in [0.3, 0.4) is 0 Å². The Kier molecular flexibility index (Phi) is 39.9. The molecular weight excluding hydrogens is 1870 g/mol. The average Bonchev–Trinajstić information content (AvgIpc) is 0.811. The molecule has 20 rings (SSSR count). The molecule has 0 bridgehead atoms. The number of hydrogen-bond donors (Lipinski definition) is 0. The lowest BCUT2D eigenvalue weighted by molar-refractivity contribution is -0.140. The molecule has 0 radical (unpaired) electrons. The molecule has 6 aliphatic heterocycles. The number of hydrogen-bond acceptors (Lipinski definition) is 12. The number of rotatable bonds is 19. The Morgan fingerprint density at radius 3 is 0.703 bits per heavy atom. The van der Waals surface area contributed by atoms with Crippen LogP contribution in [0, 0.1) is 164 Å². The summed E-state index contributed by atoms with van der Waals surface area (Å²) < 4.78 is 232. The predicted octanol–water partition coefficient (Wildman–Crippen LogP) is 35.0. The van der Waals surface area contributed by atoms with Gasteiger partial charge in [0.25, 0.3) is 0 Å². The van der Waals surface area contributed by atoms with Crippen molar-refractivity contribution >= 4 is 5.97 Å². The van der Waals surface area contributed by atoms with Crippen LogP contribution in [0.5, 0.6) is 63.2 Å². The monoisotopic (exact) mass is 2050 g/mol. The molecule has 145 heavy (non-hydrogen) atoms. The largest absolute Gasteiger partial charge is 0.490 e. The van der Waals surface area contributed by atoms with E-state index in [0.29, 0.717) is 123 Å². The van der Waals surface area contributed by atoms with Crippen molar-refractivity contribution in [3.63, 3.8) is 0 Å². The van der Waals surface area contributed by atoms with Gasteiger partial charge in [0.1, 0.15) is 0 Å². The zero-order valence-electron chi connectivity index (χ0n) is 88.5. The lowest BCUT2D eigenvalue weighted by Crippen LogP contribution is -2.27. The lowest BCUT2D eigenvalue weighted by atomic mass is 9.69. The Labute approximate surface area is 867 Å². The topological polar surface area (TPSA) is 119 Å². The summed E-state index contributed by atoms with van der Waals surface area (Å²) in [5, 5.41) is 0. The van der Waals surface area contributed by atoms with Crippen molar-refractivity contribution in [2.24, 2.45) is 94.7 Å². The fourth-order valence-corrected chi connectivity index (χ4v) is 24.8. The molecule has 6 atom stereocenters. The van der Waals surface area contributed by atoms with Gasteiger partial charge in [0.15, 0.2) is 69.1 Å². The maximum absolute atomic E-state index is 14.4.